The van der Waals surface area contributed by atoms with Crippen LogP contribution in [-0.4, -0.2) is 17.7 Å². The molecule has 19 heavy (non-hydrogen) atoms. The topological polar surface area (TPSA) is 32.3 Å². The fraction of sp³-hybridized carbons (Fsp3) is 0.375. The maximum atomic E-state index is 10.1. The average molecular weight is 273 g/mol. The molecule has 1 aliphatic rings. The monoisotopic (exact) mass is 273 g/mol. The smallest absolute Gasteiger partial charge is 0.0914 e. The maximum Gasteiger partial charge on any atom is 0.0914 e. The second-order valence-electron chi connectivity index (χ2n) is 5.14. The average Bonchev–Trinajstić information content (AvgIpc) is 2.93. The van der Waals surface area contributed by atoms with Crippen molar-refractivity contribution in [1.29, 1.82) is 0 Å². The Labute approximate surface area is 118 Å². The Bertz CT molecular complexity index is 523. The first-order valence-electron chi connectivity index (χ1n) is 6.84. The van der Waals surface area contributed by atoms with Crippen molar-refractivity contribution in [3.63, 3.8) is 0 Å². The Kier molecular flexibility index (Phi) is 3.97. The Hall–Kier alpha value is -1.16. The molecule has 0 aliphatic heterocycles. The standard InChI is InChI=1S/C16H19NOS/c18-15(12-4-2-1-3-5-12)11-17-14-6-7-16-13(10-14)8-9-19-16/h1-5,8-9,14-15,17-18H,6-7,10-11H2. The van der Waals surface area contributed by atoms with Gasteiger partial charge in [0.2, 0.25) is 0 Å². The van der Waals surface area contributed by atoms with E-state index in [2.05, 4.69) is 16.8 Å². The van der Waals surface area contributed by atoms with E-state index in [1.807, 2.05) is 41.7 Å². The molecule has 3 rings (SSSR count). The molecule has 0 radical (unpaired) electrons. The third-order valence-electron chi connectivity index (χ3n) is 3.81. The molecule has 0 saturated heterocycles. The molecule has 0 bridgehead atoms. The second-order valence-corrected chi connectivity index (χ2v) is 6.14. The van der Waals surface area contributed by atoms with Crippen molar-refractivity contribution in [3.8, 4) is 0 Å². The lowest BCUT2D eigenvalue weighted by Gasteiger charge is -2.24. The van der Waals surface area contributed by atoms with Crippen molar-refractivity contribution >= 4 is 11.3 Å². The van der Waals surface area contributed by atoms with Crippen LogP contribution in [0.25, 0.3) is 0 Å². The number of hydrogen-bond acceptors (Lipinski definition) is 3. The van der Waals surface area contributed by atoms with Gasteiger partial charge in [-0.2, -0.15) is 0 Å². The van der Waals surface area contributed by atoms with E-state index >= 15 is 0 Å². The summed E-state index contributed by atoms with van der Waals surface area (Å²) in [5, 5.41) is 15.8. The summed E-state index contributed by atoms with van der Waals surface area (Å²) in [5.74, 6) is 0. The Morgan fingerprint density at radius 1 is 1.26 bits per heavy atom. The first kappa shape index (κ1) is 12.9. The van der Waals surface area contributed by atoms with Crippen LogP contribution in [0.3, 0.4) is 0 Å². The summed E-state index contributed by atoms with van der Waals surface area (Å²) in [7, 11) is 0. The van der Waals surface area contributed by atoms with Gasteiger partial charge >= 0.3 is 0 Å². The van der Waals surface area contributed by atoms with E-state index in [1.54, 1.807) is 4.88 Å². The molecule has 1 aromatic carbocycles. The molecule has 1 heterocycles. The summed E-state index contributed by atoms with van der Waals surface area (Å²) < 4.78 is 0. The van der Waals surface area contributed by atoms with Gasteiger partial charge in [0.1, 0.15) is 0 Å². The van der Waals surface area contributed by atoms with Crippen molar-refractivity contribution in [1.82, 2.24) is 5.32 Å². The van der Waals surface area contributed by atoms with Crippen LogP contribution in [0.4, 0.5) is 0 Å². The van der Waals surface area contributed by atoms with E-state index in [1.165, 1.54) is 18.4 Å². The van der Waals surface area contributed by atoms with Crippen LogP contribution in [-0.2, 0) is 12.8 Å². The van der Waals surface area contributed by atoms with Crippen LogP contribution < -0.4 is 5.32 Å². The predicted molar refractivity (Wildman–Crippen MR) is 79.5 cm³/mol. The zero-order chi connectivity index (χ0) is 13.1. The first-order valence-corrected chi connectivity index (χ1v) is 7.72. The number of nitrogens with one attached hydrogen (secondary N) is 1. The molecule has 3 heteroatoms. The molecule has 2 nitrogen and oxygen atoms in total. The fourth-order valence-corrected chi connectivity index (χ4v) is 3.62. The molecule has 2 unspecified atom stereocenters. The third kappa shape index (κ3) is 3.06. The highest BCUT2D eigenvalue weighted by atomic mass is 32.1. The fourth-order valence-electron chi connectivity index (χ4n) is 2.69. The van der Waals surface area contributed by atoms with Crippen molar-refractivity contribution < 1.29 is 5.11 Å². The molecular formula is C16H19NOS. The number of fused-ring (bicyclic) bond motifs is 1. The van der Waals surface area contributed by atoms with E-state index in [0.29, 0.717) is 12.6 Å². The van der Waals surface area contributed by atoms with Gasteiger partial charge in [0.25, 0.3) is 0 Å². The van der Waals surface area contributed by atoms with Crippen LogP contribution >= 0.6 is 11.3 Å². The van der Waals surface area contributed by atoms with Crippen LogP contribution in [0.5, 0.6) is 0 Å². The van der Waals surface area contributed by atoms with Gasteiger partial charge in [-0.1, -0.05) is 30.3 Å². The van der Waals surface area contributed by atoms with Gasteiger partial charge in [-0.25, -0.2) is 0 Å². The minimum atomic E-state index is -0.412. The molecule has 0 amide bonds. The molecule has 1 aromatic heterocycles. The molecule has 0 spiro atoms. The maximum absolute atomic E-state index is 10.1. The van der Waals surface area contributed by atoms with Crippen molar-refractivity contribution in [3.05, 3.63) is 57.8 Å². The van der Waals surface area contributed by atoms with Crippen molar-refractivity contribution in [2.24, 2.45) is 0 Å². The Morgan fingerprint density at radius 2 is 2.11 bits per heavy atom. The number of aliphatic hydroxyl groups is 1. The van der Waals surface area contributed by atoms with Crippen molar-refractivity contribution in [2.45, 2.75) is 31.4 Å². The zero-order valence-corrected chi connectivity index (χ0v) is 11.7. The first-order chi connectivity index (χ1) is 9.33. The quantitative estimate of drug-likeness (QED) is 0.897. The van der Waals surface area contributed by atoms with Gasteiger partial charge in [0.05, 0.1) is 6.10 Å². The lowest BCUT2D eigenvalue weighted by molar-refractivity contribution is 0.168. The number of aliphatic hydroxyl groups excluding tert-OH is 1. The van der Waals surface area contributed by atoms with Crippen LogP contribution in [0.2, 0.25) is 0 Å². The number of hydrogen-bond donors (Lipinski definition) is 2. The van der Waals surface area contributed by atoms with Gasteiger partial charge in [-0.15, -0.1) is 11.3 Å². The molecule has 2 N–H and O–H groups in total. The normalized spacial score (nSPS) is 19.9. The second kappa shape index (κ2) is 5.87. The molecule has 100 valence electrons. The SMILES string of the molecule is OC(CNC1CCc2sccc2C1)c1ccccc1. The minimum Gasteiger partial charge on any atom is -0.387 e. The lowest BCUT2D eigenvalue weighted by Crippen LogP contribution is -2.36. The number of rotatable bonds is 4. The van der Waals surface area contributed by atoms with Gasteiger partial charge in [0, 0.05) is 17.5 Å². The third-order valence-corrected chi connectivity index (χ3v) is 4.83. The Morgan fingerprint density at radius 3 is 2.95 bits per heavy atom. The molecule has 1 aliphatic carbocycles. The highest BCUT2D eigenvalue weighted by Gasteiger charge is 2.19. The minimum absolute atomic E-state index is 0.412. The zero-order valence-electron chi connectivity index (χ0n) is 10.9. The summed E-state index contributed by atoms with van der Waals surface area (Å²) in [6, 6.07) is 12.6. The van der Waals surface area contributed by atoms with E-state index in [9.17, 15) is 5.11 Å². The molecule has 2 aromatic rings. The highest BCUT2D eigenvalue weighted by Crippen LogP contribution is 2.26. The van der Waals surface area contributed by atoms with Gasteiger partial charge < -0.3 is 10.4 Å². The summed E-state index contributed by atoms with van der Waals surface area (Å²) in [6.45, 7) is 0.633. The van der Waals surface area contributed by atoms with Crippen LogP contribution in [0.1, 0.15) is 28.5 Å². The molecule has 2 atom stereocenters. The number of aryl methyl sites for hydroxylation is 1. The highest BCUT2D eigenvalue weighted by molar-refractivity contribution is 7.10. The van der Waals surface area contributed by atoms with Gasteiger partial charge in [0.15, 0.2) is 0 Å². The molecule has 0 saturated carbocycles. The largest absolute Gasteiger partial charge is 0.387 e. The van der Waals surface area contributed by atoms with Gasteiger partial charge in [-0.3, -0.25) is 0 Å². The van der Waals surface area contributed by atoms with E-state index in [0.717, 1.165) is 12.0 Å². The number of benzene rings is 1. The van der Waals surface area contributed by atoms with E-state index in [-0.39, 0.29) is 0 Å². The van der Waals surface area contributed by atoms with E-state index < -0.39 is 6.10 Å². The molecule has 0 fully saturated rings. The predicted octanol–water partition coefficient (Wildman–Crippen LogP) is 2.93. The molecular weight excluding hydrogens is 254 g/mol. The van der Waals surface area contributed by atoms with Gasteiger partial charge in [-0.05, 0) is 41.8 Å². The summed E-state index contributed by atoms with van der Waals surface area (Å²) in [5.41, 5.74) is 2.48. The lowest BCUT2D eigenvalue weighted by atomic mass is 9.94. The summed E-state index contributed by atoms with van der Waals surface area (Å²) in [6.07, 6.45) is 3.03. The number of thiophene rings is 1. The summed E-state index contributed by atoms with van der Waals surface area (Å²) in [4.78, 5) is 1.54. The summed E-state index contributed by atoms with van der Waals surface area (Å²) >= 11 is 1.87. The Balaban J connectivity index is 1.54. The van der Waals surface area contributed by atoms with Crippen LogP contribution in [0, 0.1) is 0 Å². The van der Waals surface area contributed by atoms with Crippen LogP contribution in [0.15, 0.2) is 41.8 Å². The van der Waals surface area contributed by atoms with Crippen molar-refractivity contribution in [2.75, 3.05) is 6.54 Å². The van der Waals surface area contributed by atoms with E-state index in [4.69, 9.17) is 0 Å².